The molecule has 0 bridgehead atoms. The van der Waals surface area contributed by atoms with Gasteiger partial charge in [0.15, 0.2) is 0 Å². The Bertz CT molecular complexity index is 588. The fourth-order valence-electron chi connectivity index (χ4n) is 3.28. The molecule has 0 aromatic heterocycles. The number of carbonyl (C=O) groups is 1. The Morgan fingerprint density at radius 1 is 1.08 bits per heavy atom. The molecule has 1 aliphatic heterocycles. The smallest absolute Gasteiger partial charge is 0.225 e. The minimum Gasteiger partial charge on any atom is -0.366 e. The number of nitrogens with one attached hydrogen (secondary N) is 1. The van der Waals surface area contributed by atoms with Crippen LogP contribution in [0.15, 0.2) is 30.3 Å². The average molecular weight is 361 g/mol. The lowest BCUT2D eigenvalue weighted by Crippen LogP contribution is -2.51. The zero-order chi connectivity index (χ0) is 18.5. The third kappa shape index (κ3) is 5.53. The zero-order valence-electron chi connectivity index (χ0n) is 16.1. The third-order valence-electron chi connectivity index (χ3n) is 4.92. The first-order valence-corrected chi connectivity index (χ1v) is 9.75. The number of nitrogens with zero attached hydrogens (tertiary/aromatic N) is 1. The molecule has 0 aliphatic carbocycles. The van der Waals surface area contributed by atoms with E-state index in [0.717, 1.165) is 24.5 Å². The maximum Gasteiger partial charge on any atom is 0.225 e. The van der Waals surface area contributed by atoms with Gasteiger partial charge >= 0.3 is 0 Å². The first-order chi connectivity index (χ1) is 11.7. The molecule has 0 radical (unpaired) electrons. The number of hydrogen-bond donors (Lipinski definition) is 1. The predicted octanol–water partition coefficient (Wildman–Crippen LogP) is 4.21. The highest BCUT2D eigenvalue weighted by Gasteiger charge is 2.35. The van der Waals surface area contributed by atoms with Crippen molar-refractivity contribution in [3.63, 3.8) is 0 Å². The molecule has 1 N–H and O–H groups in total. The van der Waals surface area contributed by atoms with Gasteiger partial charge in [0.2, 0.25) is 5.91 Å². The van der Waals surface area contributed by atoms with Gasteiger partial charge in [-0.05, 0) is 31.2 Å². The molecule has 1 aliphatic rings. The lowest BCUT2D eigenvalue weighted by Gasteiger charge is -2.40. The van der Waals surface area contributed by atoms with Crippen LogP contribution in [0.2, 0.25) is 0 Å². The van der Waals surface area contributed by atoms with E-state index in [9.17, 15) is 4.79 Å². The van der Waals surface area contributed by atoms with Gasteiger partial charge in [-0.3, -0.25) is 4.79 Å². The van der Waals surface area contributed by atoms with Crippen LogP contribution in [0.1, 0.15) is 52.5 Å². The Kier molecular flexibility index (Phi) is 6.61. The summed E-state index contributed by atoms with van der Waals surface area (Å²) in [5, 5.41) is 3.15. The minimum absolute atomic E-state index is 0.0771. The van der Waals surface area contributed by atoms with Gasteiger partial charge in [-0.1, -0.05) is 70.2 Å². The van der Waals surface area contributed by atoms with E-state index in [1.165, 1.54) is 24.8 Å². The quantitative estimate of drug-likeness (QED) is 0.798. The van der Waals surface area contributed by atoms with Crippen molar-refractivity contribution in [1.82, 2.24) is 10.2 Å². The molecule has 0 unspecified atom stereocenters. The highest BCUT2D eigenvalue weighted by atomic mass is 32.1. The number of hydrogen-bond acceptors (Lipinski definition) is 2. The summed E-state index contributed by atoms with van der Waals surface area (Å²) in [6, 6.07) is 10.4. The van der Waals surface area contributed by atoms with Crippen molar-refractivity contribution in [2.45, 2.75) is 53.4 Å². The maximum absolute atomic E-state index is 12.4. The standard InChI is InChI=1S/C21H32N2OS/c1-20(2,3)18(24)22-16-21(4,15-17-11-7-5-8-12-17)19(25)23-13-9-6-10-14-23/h5,7-8,11-12H,6,9-10,13-16H2,1-4H3,(H,22,24)/t21-/m0/s1. The van der Waals surface area contributed by atoms with Gasteiger partial charge in [0.25, 0.3) is 0 Å². The molecule has 1 heterocycles. The van der Waals surface area contributed by atoms with Gasteiger partial charge in [0, 0.05) is 30.5 Å². The van der Waals surface area contributed by atoms with E-state index in [0.29, 0.717) is 6.54 Å². The van der Waals surface area contributed by atoms with Crippen LogP contribution >= 0.6 is 12.2 Å². The number of likely N-dealkylation sites (tertiary alicyclic amines) is 1. The lowest BCUT2D eigenvalue weighted by atomic mass is 9.81. The molecule has 0 saturated carbocycles. The first kappa shape index (κ1) is 19.9. The van der Waals surface area contributed by atoms with Crippen LogP contribution in [-0.2, 0) is 11.2 Å². The van der Waals surface area contributed by atoms with Crippen molar-refractivity contribution in [1.29, 1.82) is 0 Å². The number of thiocarbonyl (C=S) groups is 1. The van der Waals surface area contributed by atoms with Gasteiger partial charge < -0.3 is 10.2 Å². The number of amides is 1. The van der Waals surface area contributed by atoms with E-state index in [4.69, 9.17) is 12.2 Å². The van der Waals surface area contributed by atoms with Gasteiger partial charge in [-0.15, -0.1) is 0 Å². The number of rotatable bonds is 5. The summed E-state index contributed by atoms with van der Waals surface area (Å²) in [4.78, 5) is 15.7. The Morgan fingerprint density at radius 3 is 2.24 bits per heavy atom. The SMILES string of the molecule is CC(C)(C)C(=O)NC[C@](C)(Cc1ccccc1)C(=S)N1CCCCC1. The summed E-state index contributed by atoms with van der Waals surface area (Å²) in [6.45, 7) is 10.7. The fourth-order valence-corrected chi connectivity index (χ4v) is 3.61. The molecule has 3 nitrogen and oxygen atoms in total. The van der Waals surface area contributed by atoms with E-state index < -0.39 is 0 Å². The van der Waals surface area contributed by atoms with Crippen molar-refractivity contribution in [3.05, 3.63) is 35.9 Å². The highest BCUT2D eigenvalue weighted by molar-refractivity contribution is 7.80. The molecule has 1 saturated heterocycles. The largest absolute Gasteiger partial charge is 0.366 e. The topological polar surface area (TPSA) is 32.3 Å². The number of carbonyl (C=O) groups excluding carboxylic acids is 1. The fraction of sp³-hybridized carbons (Fsp3) is 0.619. The number of benzene rings is 1. The van der Waals surface area contributed by atoms with Crippen LogP contribution in [0.25, 0.3) is 0 Å². The molecular weight excluding hydrogens is 328 g/mol. The zero-order valence-corrected chi connectivity index (χ0v) is 16.9. The minimum atomic E-state index is -0.388. The van der Waals surface area contributed by atoms with Crippen molar-refractivity contribution < 1.29 is 4.79 Å². The van der Waals surface area contributed by atoms with Crippen molar-refractivity contribution in [2.24, 2.45) is 10.8 Å². The van der Waals surface area contributed by atoms with Crippen LogP contribution in [0.3, 0.4) is 0 Å². The van der Waals surface area contributed by atoms with Crippen LogP contribution in [0.4, 0.5) is 0 Å². The van der Waals surface area contributed by atoms with E-state index in [2.05, 4.69) is 41.4 Å². The second-order valence-electron chi connectivity index (χ2n) is 8.51. The molecular formula is C21H32N2OS. The predicted molar refractivity (Wildman–Crippen MR) is 109 cm³/mol. The summed E-state index contributed by atoms with van der Waals surface area (Å²) in [5.74, 6) is 0.0771. The maximum atomic E-state index is 12.4. The van der Waals surface area contributed by atoms with E-state index in [1.807, 2.05) is 26.8 Å². The van der Waals surface area contributed by atoms with Crippen molar-refractivity contribution >= 4 is 23.1 Å². The van der Waals surface area contributed by atoms with Crippen LogP contribution < -0.4 is 5.32 Å². The first-order valence-electron chi connectivity index (χ1n) is 9.34. The van der Waals surface area contributed by atoms with Crippen molar-refractivity contribution in [2.75, 3.05) is 19.6 Å². The van der Waals surface area contributed by atoms with Gasteiger partial charge in [-0.25, -0.2) is 0 Å². The molecule has 4 heteroatoms. The molecule has 1 fully saturated rings. The van der Waals surface area contributed by atoms with Gasteiger partial charge in [-0.2, -0.15) is 0 Å². The second kappa shape index (κ2) is 8.31. The Balaban J connectivity index is 2.17. The van der Waals surface area contributed by atoms with Gasteiger partial charge in [0.1, 0.15) is 0 Å². The normalized spacial score (nSPS) is 17.7. The molecule has 25 heavy (non-hydrogen) atoms. The molecule has 1 aromatic rings. The van der Waals surface area contributed by atoms with E-state index >= 15 is 0 Å². The molecule has 2 rings (SSSR count). The highest BCUT2D eigenvalue weighted by Crippen LogP contribution is 2.28. The van der Waals surface area contributed by atoms with E-state index in [-0.39, 0.29) is 16.7 Å². The van der Waals surface area contributed by atoms with E-state index in [1.54, 1.807) is 0 Å². The molecule has 138 valence electrons. The summed E-state index contributed by atoms with van der Waals surface area (Å²) < 4.78 is 0. The third-order valence-corrected chi connectivity index (χ3v) is 5.67. The second-order valence-corrected chi connectivity index (χ2v) is 8.90. The molecule has 1 atom stereocenters. The molecule has 0 spiro atoms. The van der Waals surface area contributed by atoms with Crippen molar-refractivity contribution in [3.8, 4) is 0 Å². The average Bonchev–Trinajstić information content (AvgIpc) is 2.60. The Hall–Kier alpha value is -1.42. The monoisotopic (exact) mass is 360 g/mol. The van der Waals surface area contributed by atoms with Crippen LogP contribution in [0.5, 0.6) is 0 Å². The summed E-state index contributed by atoms with van der Waals surface area (Å²) >= 11 is 5.93. The van der Waals surface area contributed by atoms with Crippen LogP contribution in [-0.4, -0.2) is 35.4 Å². The lowest BCUT2D eigenvalue weighted by molar-refractivity contribution is -0.128. The Morgan fingerprint density at radius 2 is 1.68 bits per heavy atom. The van der Waals surface area contributed by atoms with Crippen LogP contribution in [0, 0.1) is 10.8 Å². The van der Waals surface area contributed by atoms with Gasteiger partial charge in [0.05, 0.1) is 4.99 Å². The summed E-state index contributed by atoms with van der Waals surface area (Å²) in [6.07, 6.45) is 4.54. The summed E-state index contributed by atoms with van der Waals surface area (Å²) in [7, 11) is 0. The molecule has 1 amide bonds. The number of piperidine rings is 1. The Labute approximate surface area is 158 Å². The summed E-state index contributed by atoms with van der Waals surface area (Å²) in [5.41, 5.74) is 0.615. The molecule has 1 aromatic carbocycles.